The molecule has 0 unspecified atom stereocenters. The molecule has 1 aromatic heterocycles. The summed E-state index contributed by atoms with van der Waals surface area (Å²) in [4.78, 5) is 10.2. The zero-order valence-corrected chi connectivity index (χ0v) is 16.8. The first kappa shape index (κ1) is 17.9. The molecule has 0 bridgehead atoms. The summed E-state index contributed by atoms with van der Waals surface area (Å²) >= 11 is 0. The van der Waals surface area contributed by atoms with Crippen molar-refractivity contribution in [2.45, 2.75) is 38.3 Å². The van der Waals surface area contributed by atoms with Crippen LogP contribution in [0.3, 0.4) is 0 Å². The van der Waals surface area contributed by atoms with E-state index in [1.165, 1.54) is 43.6 Å². The first-order valence-electron chi connectivity index (χ1n) is 10.7. The highest BCUT2D eigenvalue weighted by Gasteiger charge is 2.27. The van der Waals surface area contributed by atoms with Crippen LogP contribution in [0.25, 0.3) is 11.0 Å². The second-order valence-electron chi connectivity index (χ2n) is 8.35. The minimum absolute atomic E-state index is 0.612. The molecule has 0 N–H and O–H groups in total. The molecule has 0 spiro atoms. The monoisotopic (exact) mass is 374 g/mol. The van der Waals surface area contributed by atoms with Gasteiger partial charge in [0.05, 0.1) is 17.6 Å². The molecule has 1 aliphatic carbocycles. The van der Waals surface area contributed by atoms with E-state index < -0.39 is 0 Å². The maximum Gasteiger partial charge on any atom is 0.123 e. The van der Waals surface area contributed by atoms with E-state index in [4.69, 9.17) is 4.98 Å². The van der Waals surface area contributed by atoms with Crippen LogP contribution in [0.5, 0.6) is 0 Å². The summed E-state index contributed by atoms with van der Waals surface area (Å²) < 4.78 is 2.26. The molecule has 0 saturated carbocycles. The Kier molecular flexibility index (Phi) is 4.91. The zero-order valence-electron chi connectivity index (χ0n) is 16.8. The topological polar surface area (TPSA) is 24.3 Å². The Bertz CT molecular complexity index is 960. The van der Waals surface area contributed by atoms with Gasteiger partial charge in [-0.25, -0.2) is 4.98 Å². The Balaban J connectivity index is 1.29. The lowest BCUT2D eigenvalue weighted by Crippen LogP contribution is -2.35. The largest absolute Gasteiger partial charge is 0.330 e. The molecule has 2 aliphatic rings. The molecule has 3 aromatic rings. The molecule has 146 valence electrons. The van der Waals surface area contributed by atoms with Crippen molar-refractivity contribution in [1.29, 1.82) is 0 Å². The molecule has 2 aromatic carbocycles. The van der Waals surface area contributed by atoms with E-state index in [0.29, 0.717) is 6.04 Å². The lowest BCUT2D eigenvalue weighted by atomic mass is 9.87. The first-order valence-corrected chi connectivity index (χ1v) is 10.7. The molecular weight excluding hydrogens is 344 g/mol. The van der Waals surface area contributed by atoms with Crippen molar-refractivity contribution in [2.75, 3.05) is 26.2 Å². The van der Waals surface area contributed by atoms with Crippen LogP contribution >= 0.6 is 0 Å². The number of benzene rings is 2. The number of imidazole rings is 1. The fourth-order valence-corrected chi connectivity index (χ4v) is 5.11. The van der Waals surface area contributed by atoms with Crippen molar-refractivity contribution < 1.29 is 0 Å². The van der Waals surface area contributed by atoms with Crippen LogP contribution in [-0.2, 0) is 20.0 Å². The van der Waals surface area contributed by atoms with Gasteiger partial charge < -0.3 is 4.57 Å². The van der Waals surface area contributed by atoms with E-state index in [1.807, 2.05) is 0 Å². The van der Waals surface area contributed by atoms with Gasteiger partial charge in [-0.15, -0.1) is 0 Å². The van der Waals surface area contributed by atoms with Gasteiger partial charge in [0.15, 0.2) is 0 Å². The summed E-state index contributed by atoms with van der Waals surface area (Å²) in [6.45, 7) is 5.59. The fourth-order valence-electron chi connectivity index (χ4n) is 5.11. The minimum Gasteiger partial charge on any atom is -0.330 e. The molecular formula is C24H30N4. The van der Waals surface area contributed by atoms with Crippen LogP contribution in [0.2, 0.25) is 0 Å². The van der Waals surface area contributed by atoms with E-state index in [0.717, 1.165) is 31.7 Å². The van der Waals surface area contributed by atoms with Crippen LogP contribution in [0.15, 0.2) is 48.5 Å². The predicted molar refractivity (Wildman–Crippen MR) is 114 cm³/mol. The fraction of sp³-hybridized carbons (Fsp3) is 0.458. The maximum atomic E-state index is 4.88. The standard InChI is InChI=1S/C24H30N4/c1-26-23-12-5-4-11-21(23)25-24(26)18-27-14-7-15-28(17-16-27)22-13-6-9-19-8-2-3-10-20(19)22/h2-5,8,10-12,22H,6-7,9,13-18H2,1H3/t22-/m0/s1. The molecule has 1 atom stereocenters. The van der Waals surface area contributed by atoms with Crippen molar-refractivity contribution in [1.82, 2.24) is 19.4 Å². The Morgan fingerprint density at radius 1 is 0.929 bits per heavy atom. The number of hydrogen-bond acceptors (Lipinski definition) is 3. The number of hydrogen-bond donors (Lipinski definition) is 0. The number of aromatic nitrogens is 2. The molecule has 28 heavy (non-hydrogen) atoms. The summed E-state index contributed by atoms with van der Waals surface area (Å²) in [6.07, 6.45) is 5.12. The molecule has 4 heteroatoms. The molecule has 1 saturated heterocycles. The summed E-state index contributed by atoms with van der Waals surface area (Å²) in [5, 5.41) is 0. The van der Waals surface area contributed by atoms with Gasteiger partial charge in [0.25, 0.3) is 0 Å². The smallest absolute Gasteiger partial charge is 0.123 e. The number of para-hydroxylation sites is 2. The van der Waals surface area contributed by atoms with Crippen LogP contribution < -0.4 is 0 Å². The van der Waals surface area contributed by atoms with Crippen molar-refractivity contribution >= 4 is 11.0 Å². The Labute approximate surface area is 167 Å². The highest BCUT2D eigenvalue weighted by molar-refractivity contribution is 5.75. The van der Waals surface area contributed by atoms with E-state index in [-0.39, 0.29) is 0 Å². The number of fused-ring (bicyclic) bond motifs is 2. The Morgan fingerprint density at radius 3 is 2.71 bits per heavy atom. The van der Waals surface area contributed by atoms with E-state index in [2.05, 4.69) is 69.9 Å². The van der Waals surface area contributed by atoms with E-state index in [1.54, 1.807) is 11.1 Å². The van der Waals surface area contributed by atoms with Crippen LogP contribution in [0.4, 0.5) is 0 Å². The molecule has 4 nitrogen and oxygen atoms in total. The molecule has 1 fully saturated rings. The van der Waals surface area contributed by atoms with Gasteiger partial charge in [-0.05, 0) is 55.5 Å². The maximum absolute atomic E-state index is 4.88. The highest BCUT2D eigenvalue weighted by atomic mass is 15.2. The average Bonchev–Trinajstić information content (AvgIpc) is 2.90. The van der Waals surface area contributed by atoms with Crippen LogP contribution in [-0.4, -0.2) is 45.5 Å². The lowest BCUT2D eigenvalue weighted by Gasteiger charge is -2.35. The normalized spacial score (nSPS) is 21.5. The van der Waals surface area contributed by atoms with Crippen LogP contribution in [0.1, 0.15) is 42.3 Å². The summed E-state index contributed by atoms with van der Waals surface area (Å²) in [7, 11) is 2.15. The lowest BCUT2D eigenvalue weighted by molar-refractivity contribution is 0.179. The second-order valence-corrected chi connectivity index (χ2v) is 8.35. The molecule has 0 radical (unpaired) electrons. The Morgan fingerprint density at radius 2 is 1.79 bits per heavy atom. The van der Waals surface area contributed by atoms with Crippen molar-refractivity contribution in [3.8, 4) is 0 Å². The number of nitrogens with zero attached hydrogens (tertiary/aromatic N) is 4. The van der Waals surface area contributed by atoms with Crippen molar-refractivity contribution in [2.24, 2.45) is 7.05 Å². The molecule has 1 aliphatic heterocycles. The van der Waals surface area contributed by atoms with Gasteiger partial charge in [-0.3, -0.25) is 9.80 Å². The molecule has 0 amide bonds. The Hall–Kier alpha value is -2.17. The van der Waals surface area contributed by atoms with Gasteiger partial charge in [-0.2, -0.15) is 0 Å². The SMILES string of the molecule is Cn1c(CN2CCCN([C@H]3CCCc4ccccc43)CC2)nc2ccccc21. The summed E-state index contributed by atoms with van der Waals surface area (Å²) in [5.74, 6) is 1.18. The average molecular weight is 375 g/mol. The highest BCUT2D eigenvalue weighted by Crippen LogP contribution is 2.34. The molecule has 2 heterocycles. The van der Waals surface area contributed by atoms with Gasteiger partial charge in [0, 0.05) is 32.7 Å². The van der Waals surface area contributed by atoms with Crippen molar-refractivity contribution in [3.05, 3.63) is 65.5 Å². The first-order chi connectivity index (χ1) is 13.8. The van der Waals surface area contributed by atoms with Crippen LogP contribution in [0, 0.1) is 0 Å². The van der Waals surface area contributed by atoms with E-state index in [9.17, 15) is 0 Å². The number of aryl methyl sites for hydroxylation is 2. The minimum atomic E-state index is 0.612. The van der Waals surface area contributed by atoms with Gasteiger partial charge in [-0.1, -0.05) is 36.4 Å². The summed E-state index contributed by atoms with van der Waals surface area (Å²) in [5.41, 5.74) is 5.49. The van der Waals surface area contributed by atoms with Crippen molar-refractivity contribution in [3.63, 3.8) is 0 Å². The predicted octanol–water partition coefficient (Wildman–Crippen LogP) is 4.16. The third kappa shape index (κ3) is 3.36. The number of rotatable bonds is 3. The van der Waals surface area contributed by atoms with E-state index >= 15 is 0 Å². The molecule has 5 rings (SSSR count). The third-order valence-corrected chi connectivity index (χ3v) is 6.65. The zero-order chi connectivity index (χ0) is 18.9. The van der Waals surface area contributed by atoms with Gasteiger partial charge in [0.2, 0.25) is 0 Å². The summed E-state index contributed by atoms with van der Waals surface area (Å²) in [6, 6.07) is 18.2. The quantitative estimate of drug-likeness (QED) is 0.688. The van der Waals surface area contributed by atoms with Gasteiger partial charge >= 0.3 is 0 Å². The van der Waals surface area contributed by atoms with Gasteiger partial charge in [0.1, 0.15) is 5.82 Å². The third-order valence-electron chi connectivity index (χ3n) is 6.65. The second kappa shape index (κ2) is 7.69.